The maximum Gasteiger partial charge on any atom is 0.261 e. The van der Waals surface area contributed by atoms with Crippen molar-refractivity contribution in [1.82, 2.24) is 5.32 Å². The first-order valence-corrected chi connectivity index (χ1v) is 7.57. The molecule has 0 aliphatic heterocycles. The maximum absolute atomic E-state index is 12.1. The molecule has 21 heavy (non-hydrogen) atoms. The molecule has 2 unspecified atom stereocenters. The Morgan fingerprint density at radius 3 is 2.52 bits per heavy atom. The van der Waals surface area contributed by atoms with Gasteiger partial charge < -0.3 is 15.8 Å². The van der Waals surface area contributed by atoms with E-state index in [1.807, 2.05) is 33.8 Å². The van der Waals surface area contributed by atoms with Gasteiger partial charge in [-0.15, -0.1) is 0 Å². The number of hydrogen-bond donors (Lipinski definition) is 2. The van der Waals surface area contributed by atoms with Crippen molar-refractivity contribution in [3.63, 3.8) is 0 Å². The molecule has 0 spiro atoms. The Bertz CT molecular complexity index is 501. The molecule has 3 N–H and O–H groups in total. The molecule has 0 fully saturated rings. The minimum Gasteiger partial charge on any atom is -0.479 e. The number of benzene rings is 1. The highest BCUT2D eigenvalue weighted by atomic mass is 35.5. The molecule has 0 saturated heterocycles. The zero-order valence-corrected chi connectivity index (χ0v) is 14.1. The van der Waals surface area contributed by atoms with E-state index >= 15 is 0 Å². The lowest BCUT2D eigenvalue weighted by atomic mass is 10.0. The van der Waals surface area contributed by atoms with Gasteiger partial charge in [-0.25, -0.2) is 0 Å². The summed E-state index contributed by atoms with van der Waals surface area (Å²) in [6.45, 7) is 9.56. The Balaban J connectivity index is 2.75. The lowest BCUT2D eigenvalue weighted by molar-refractivity contribution is -0.128. The fourth-order valence-electron chi connectivity index (χ4n) is 1.66. The highest BCUT2D eigenvalue weighted by Gasteiger charge is 2.23. The predicted octanol–water partition coefficient (Wildman–Crippen LogP) is 3.43. The van der Waals surface area contributed by atoms with E-state index in [0.717, 1.165) is 12.0 Å². The lowest BCUT2D eigenvalue weighted by Gasteiger charge is -2.26. The summed E-state index contributed by atoms with van der Waals surface area (Å²) in [6.07, 6.45) is 0.226. The van der Waals surface area contributed by atoms with Gasteiger partial charge in [0.1, 0.15) is 5.75 Å². The molecule has 4 nitrogen and oxygen atoms in total. The second-order valence-electron chi connectivity index (χ2n) is 5.97. The van der Waals surface area contributed by atoms with Crippen LogP contribution in [0, 0.1) is 0 Å². The number of carbonyl (C=O) groups excluding carboxylic acids is 1. The first-order valence-electron chi connectivity index (χ1n) is 7.20. The molecule has 0 aliphatic carbocycles. The van der Waals surface area contributed by atoms with Crippen LogP contribution in [-0.2, 0) is 4.79 Å². The Hall–Kier alpha value is -1.26. The third-order valence-corrected chi connectivity index (χ3v) is 3.80. The summed E-state index contributed by atoms with van der Waals surface area (Å²) >= 11 is 6.17. The van der Waals surface area contributed by atoms with E-state index in [4.69, 9.17) is 22.1 Å². The first-order chi connectivity index (χ1) is 9.66. The fourth-order valence-corrected chi connectivity index (χ4v) is 1.90. The Kier molecular flexibility index (Phi) is 6.05. The van der Waals surface area contributed by atoms with Crippen LogP contribution in [0.5, 0.6) is 5.75 Å². The van der Waals surface area contributed by atoms with Gasteiger partial charge in [-0.3, -0.25) is 4.79 Å². The van der Waals surface area contributed by atoms with Crippen molar-refractivity contribution in [1.29, 1.82) is 0 Å². The number of ether oxygens (including phenoxy) is 1. The van der Waals surface area contributed by atoms with Crippen LogP contribution in [0.25, 0.3) is 0 Å². The third kappa shape index (κ3) is 5.21. The minimum absolute atomic E-state index is 0.0948. The van der Waals surface area contributed by atoms with Gasteiger partial charge >= 0.3 is 0 Å². The molecule has 1 aromatic rings. The van der Waals surface area contributed by atoms with Crippen molar-refractivity contribution < 1.29 is 9.53 Å². The van der Waals surface area contributed by atoms with E-state index in [0.29, 0.717) is 10.8 Å². The van der Waals surface area contributed by atoms with Crippen LogP contribution < -0.4 is 15.8 Å². The number of halogens is 1. The number of amides is 1. The summed E-state index contributed by atoms with van der Waals surface area (Å²) in [5.74, 6) is 0.326. The molecule has 1 amide bonds. The molecule has 2 atom stereocenters. The molecule has 0 bridgehead atoms. The van der Waals surface area contributed by atoms with Crippen molar-refractivity contribution in [2.45, 2.75) is 58.7 Å². The van der Waals surface area contributed by atoms with E-state index < -0.39 is 6.10 Å². The second kappa shape index (κ2) is 7.14. The van der Waals surface area contributed by atoms with Crippen LogP contribution in [0.2, 0.25) is 5.02 Å². The van der Waals surface area contributed by atoms with Crippen molar-refractivity contribution in [2.24, 2.45) is 5.73 Å². The summed E-state index contributed by atoms with van der Waals surface area (Å²) < 4.78 is 5.65. The van der Waals surface area contributed by atoms with Gasteiger partial charge in [0.2, 0.25) is 0 Å². The molecule has 0 aliphatic rings. The van der Waals surface area contributed by atoms with E-state index in [1.54, 1.807) is 19.1 Å². The van der Waals surface area contributed by atoms with Crippen molar-refractivity contribution in [3.05, 3.63) is 28.8 Å². The highest BCUT2D eigenvalue weighted by molar-refractivity contribution is 6.32. The summed E-state index contributed by atoms with van der Waals surface area (Å²) in [5.41, 5.74) is 6.48. The Morgan fingerprint density at radius 1 is 1.43 bits per heavy atom. The number of hydrogen-bond acceptors (Lipinski definition) is 3. The van der Waals surface area contributed by atoms with Gasteiger partial charge in [0.15, 0.2) is 6.10 Å². The predicted molar refractivity (Wildman–Crippen MR) is 86.7 cm³/mol. The number of nitrogens with two attached hydrogens (primary N) is 1. The molecule has 0 saturated carbocycles. The normalized spacial score (nSPS) is 14.4. The number of rotatable bonds is 6. The second-order valence-corrected chi connectivity index (χ2v) is 6.37. The van der Waals surface area contributed by atoms with Gasteiger partial charge in [0.25, 0.3) is 5.91 Å². The zero-order valence-electron chi connectivity index (χ0n) is 13.4. The molecule has 0 radical (unpaired) electrons. The molecular weight excluding hydrogens is 288 g/mol. The molecule has 5 heteroatoms. The van der Waals surface area contributed by atoms with Gasteiger partial charge in [0, 0.05) is 11.6 Å². The van der Waals surface area contributed by atoms with Crippen molar-refractivity contribution in [2.75, 3.05) is 0 Å². The Labute approximate surface area is 132 Å². The molecular formula is C16H25ClN2O2. The summed E-state index contributed by atoms with van der Waals surface area (Å²) in [4.78, 5) is 12.1. The van der Waals surface area contributed by atoms with Gasteiger partial charge in [-0.2, -0.15) is 0 Å². The molecule has 0 heterocycles. The van der Waals surface area contributed by atoms with Gasteiger partial charge in [0.05, 0.1) is 5.02 Å². The topological polar surface area (TPSA) is 64.3 Å². The quantitative estimate of drug-likeness (QED) is 0.845. The standard InChI is InChI=1S/C16H25ClN2O2/c1-6-16(4,5)19-15(20)11(3)21-14-8-7-12(10(2)18)9-13(14)17/h7-11H,6,18H2,1-5H3,(H,19,20). The van der Waals surface area contributed by atoms with Crippen molar-refractivity contribution in [3.8, 4) is 5.75 Å². The smallest absolute Gasteiger partial charge is 0.261 e. The van der Waals surface area contributed by atoms with Crippen LogP contribution >= 0.6 is 11.6 Å². The monoisotopic (exact) mass is 312 g/mol. The molecule has 0 aromatic heterocycles. The SMILES string of the molecule is CCC(C)(C)NC(=O)C(C)Oc1ccc(C(C)N)cc1Cl. The van der Waals surface area contributed by atoms with Gasteiger partial charge in [-0.1, -0.05) is 24.6 Å². The van der Waals surface area contributed by atoms with Crippen LogP contribution in [0.3, 0.4) is 0 Å². The van der Waals surface area contributed by atoms with Crippen LogP contribution in [0.1, 0.15) is 52.6 Å². The average molecular weight is 313 g/mol. The highest BCUT2D eigenvalue weighted by Crippen LogP contribution is 2.28. The number of nitrogens with one attached hydrogen (secondary N) is 1. The fraction of sp³-hybridized carbons (Fsp3) is 0.562. The zero-order chi connectivity index (χ0) is 16.2. The van der Waals surface area contributed by atoms with E-state index in [1.165, 1.54) is 0 Å². The molecule has 1 aromatic carbocycles. The van der Waals surface area contributed by atoms with Crippen molar-refractivity contribution >= 4 is 17.5 Å². The summed E-state index contributed by atoms with van der Waals surface area (Å²) in [7, 11) is 0. The van der Waals surface area contributed by atoms with Crippen LogP contribution in [-0.4, -0.2) is 17.6 Å². The third-order valence-electron chi connectivity index (χ3n) is 3.50. The largest absolute Gasteiger partial charge is 0.479 e. The van der Waals surface area contributed by atoms with Crippen LogP contribution in [0.4, 0.5) is 0 Å². The average Bonchev–Trinajstić information content (AvgIpc) is 2.40. The van der Waals surface area contributed by atoms with Crippen LogP contribution in [0.15, 0.2) is 18.2 Å². The first kappa shape index (κ1) is 17.8. The van der Waals surface area contributed by atoms with E-state index in [9.17, 15) is 4.79 Å². The summed E-state index contributed by atoms with van der Waals surface area (Å²) in [5, 5.41) is 3.41. The number of carbonyl (C=O) groups is 1. The maximum atomic E-state index is 12.1. The Morgan fingerprint density at radius 2 is 2.05 bits per heavy atom. The summed E-state index contributed by atoms with van der Waals surface area (Å²) in [6, 6.07) is 5.27. The van der Waals surface area contributed by atoms with E-state index in [2.05, 4.69) is 5.32 Å². The molecule has 118 valence electrons. The minimum atomic E-state index is -0.616. The van der Waals surface area contributed by atoms with Gasteiger partial charge in [-0.05, 0) is 51.8 Å². The lowest BCUT2D eigenvalue weighted by Crippen LogP contribution is -2.48. The molecule has 1 rings (SSSR count). The van der Waals surface area contributed by atoms with E-state index in [-0.39, 0.29) is 17.5 Å².